The van der Waals surface area contributed by atoms with Crippen molar-refractivity contribution >= 4 is 11.8 Å². The molecule has 142 valence electrons. The molecule has 2 aliphatic rings. The van der Waals surface area contributed by atoms with Gasteiger partial charge >= 0.3 is 6.18 Å². The number of nitrogens with zero attached hydrogens (tertiary/aromatic N) is 2. The quantitative estimate of drug-likeness (QED) is 0.864. The Morgan fingerprint density at radius 1 is 1.00 bits per heavy atom. The number of alkyl halides is 3. The number of carbonyl (C=O) groups is 2. The Hall–Kier alpha value is -2.09. The molecule has 8 heteroatoms. The van der Waals surface area contributed by atoms with Crippen LogP contribution in [-0.2, 0) is 11.0 Å². The fraction of sp³-hybridized carbons (Fsp3) is 0.556. The van der Waals surface area contributed by atoms with Gasteiger partial charge in [-0.3, -0.25) is 9.59 Å². The number of halogens is 3. The zero-order chi connectivity index (χ0) is 18.7. The summed E-state index contributed by atoms with van der Waals surface area (Å²) < 4.78 is 37.8. The number of nitrogens with one attached hydrogen (secondary N) is 1. The Morgan fingerprint density at radius 3 is 2.12 bits per heavy atom. The van der Waals surface area contributed by atoms with E-state index in [0.717, 1.165) is 18.7 Å². The lowest BCUT2D eigenvalue weighted by Gasteiger charge is -2.35. The van der Waals surface area contributed by atoms with E-state index in [4.69, 9.17) is 0 Å². The van der Waals surface area contributed by atoms with Crippen molar-refractivity contribution in [3.05, 3.63) is 35.4 Å². The molecule has 2 amide bonds. The van der Waals surface area contributed by atoms with E-state index in [1.54, 1.807) is 9.80 Å². The molecule has 1 saturated carbocycles. The van der Waals surface area contributed by atoms with Gasteiger partial charge in [0.05, 0.1) is 12.1 Å². The average molecular weight is 369 g/mol. The van der Waals surface area contributed by atoms with Crippen molar-refractivity contribution in [1.82, 2.24) is 15.1 Å². The smallest absolute Gasteiger partial charge is 0.338 e. The maximum absolute atomic E-state index is 12.6. The molecule has 0 atom stereocenters. The topological polar surface area (TPSA) is 52.7 Å². The average Bonchev–Trinajstić information content (AvgIpc) is 3.45. The SMILES string of the molecule is O=C(CNCC1CC1)N1CCN(C(=O)c2ccc(C(F)(F)F)cc2)CC1. The summed E-state index contributed by atoms with van der Waals surface area (Å²) in [6, 6.07) is 4.23. The molecule has 2 fully saturated rings. The van der Waals surface area contributed by atoms with Gasteiger partial charge in [0.1, 0.15) is 0 Å². The van der Waals surface area contributed by atoms with Crippen LogP contribution in [-0.4, -0.2) is 60.9 Å². The number of piperazine rings is 1. The number of amides is 2. The second kappa shape index (κ2) is 7.65. The van der Waals surface area contributed by atoms with E-state index in [-0.39, 0.29) is 17.4 Å². The molecule has 1 aromatic rings. The van der Waals surface area contributed by atoms with E-state index in [9.17, 15) is 22.8 Å². The van der Waals surface area contributed by atoms with Crippen molar-refractivity contribution in [2.45, 2.75) is 19.0 Å². The third-order valence-corrected chi connectivity index (χ3v) is 4.78. The molecule has 0 aromatic heterocycles. The van der Waals surface area contributed by atoms with Crippen LogP contribution in [0.15, 0.2) is 24.3 Å². The first-order chi connectivity index (χ1) is 12.3. The van der Waals surface area contributed by atoms with E-state index in [2.05, 4.69) is 5.32 Å². The molecule has 1 N–H and O–H groups in total. The molecule has 1 aliphatic carbocycles. The lowest BCUT2D eigenvalue weighted by Crippen LogP contribution is -2.52. The zero-order valence-corrected chi connectivity index (χ0v) is 14.4. The summed E-state index contributed by atoms with van der Waals surface area (Å²) in [5.74, 6) is 0.422. The molecule has 1 aromatic carbocycles. The van der Waals surface area contributed by atoms with Gasteiger partial charge < -0.3 is 15.1 Å². The number of carbonyl (C=O) groups excluding carboxylic acids is 2. The molecule has 1 aliphatic heterocycles. The van der Waals surface area contributed by atoms with Gasteiger partial charge in [0, 0.05) is 31.7 Å². The Bertz CT molecular complexity index is 649. The zero-order valence-electron chi connectivity index (χ0n) is 14.4. The van der Waals surface area contributed by atoms with E-state index in [1.165, 1.54) is 25.0 Å². The number of benzene rings is 1. The van der Waals surface area contributed by atoms with Gasteiger partial charge in [-0.1, -0.05) is 0 Å². The third kappa shape index (κ3) is 4.75. The van der Waals surface area contributed by atoms with Crippen LogP contribution < -0.4 is 5.32 Å². The van der Waals surface area contributed by atoms with Crippen molar-refractivity contribution in [3.8, 4) is 0 Å². The molecule has 0 unspecified atom stereocenters. The fourth-order valence-electron chi connectivity index (χ4n) is 2.96. The van der Waals surface area contributed by atoms with Crippen molar-refractivity contribution < 1.29 is 22.8 Å². The minimum Gasteiger partial charge on any atom is -0.338 e. The van der Waals surface area contributed by atoms with Gasteiger partial charge in [-0.15, -0.1) is 0 Å². The standard InChI is InChI=1S/C18H22F3N3O2/c19-18(20,21)15-5-3-14(4-6-15)17(26)24-9-7-23(8-10-24)16(25)12-22-11-13-1-2-13/h3-6,13,22H,1-2,7-12H2. The highest BCUT2D eigenvalue weighted by molar-refractivity contribution is 5.94. The summed E-state index contributed by atoms with van der Waals surface area (Å²) in [4.78, 5) is 27.8. The molecule has 1 saturated heterocycles. The molecule has 0 bridgehead atoms. The van der Waals surface area contributed by atoms with Gasteiger partial charge in [-0.25, -0.2) is 0 Å². The van der Waals surface area contributed by atoms with Crippen LogP contribution in [0.1, 0.15) is 28.8 Å². The molecule has 26 heavy (non-hydrogen) atoms. The van der Waals surface area contributed by atoms with Crippen molar-refractivity contribution in [3.63, 3.8) is 0 Å². The highest BCUT2D eigenvalue weighted by atomic mass is 19.4. The van der Waals surface area contributed by atoms with Gasteiger partial charge in [0.2, 0.25) is 5.91 Å². The second-order valence-corrected chi connectivity index (χ2v) is 6.82. The number of rotatable bonds is 5. The first kappa shape index (κ1) is 18.7. The fourth-order valence-corrected chi connectivity index (χ4v) is 2.96. The van der Waals surface area contributed by atoms with Crippen molar-refractivity contribution in [2.75, 3.05) is 39.3 Å². The Kier molecular flexibility index (Phi) is 5.50. The summed E-state index contributed by atoms with van der Waals surface area (Å²) in [6.45, 7) is 2.83. The Balaban J connectivity index is 1.47. The summed E-state index contributed by atoms with van der Waals surface area (Å²) >= 11 is 0. The van der Waals surface area contributed by atoms with E-state index >= 15 is 0 Å². The first-order valence-corrected chi connectivity index (χ1v) is 8.79. The van der Waals surface area contributed by atoms with Gasteiger partial charge in [0.15, 0.2) is 0 Å². The van der Waals surface area contributed by atoms with E-state index in [1.807, 2.05) is 0 Å². The number of hydrogen-bond donors (Lipinski definition) is 1. The first-order valence-electron chi connectivity index (χ1n) is 8.79. The van der Waals surface area contributed by atoms with Crippen LogP contribution in [0, 0.1) is 5.92 Å². The lowest BCUT2D eigenvalue weighted by molar-refractivity contribution is -0.137. The highest BCUT2D eigenvalue weighted by Gasteiger charge is 2.31. The van der Waals surface area contributed by atoms with Crippen LogP contribution in [0.2, 0.25) is 0 Å². The molecule has 5 nitrogen and oxygen atoms in total. The second-order valence-electron chi connectivity index (χ2n) is 6.82. The van der Waals surface area contributed by atoms with Crippen LogP contribution in [0.3, 0.4) is 0 Å². The molecular weight excluding hydrogens is 347 g/mol. The molecule has 3 rings (SSSR count). The molecular formula is C18H22F3N3O2. The summed E-state index contributed by atoms with van der Waals surface area (Å²) in [5.41, 5.74) is -0.549. The van der Waals surface area contributed by atoms with E-state index < -0.39 is 11.7 Å². The number of hydrogen-bond acceptors (Lipinski definition) is 3. The minimum atomic E-state index is -4.42. The lowest BCUT2D eigenvalue weighted by atomic mass is 10.1. The van der Waals surface area contributed by atoms with Gasteiger partial charge in [0.25, 0.3) is 5.91 Å². The van der Waals surface area contributed by atoms with Gasteiger partial charge in [-0.2, -0.15) is 13.2 Å². The largest absolute Gasteiger partial charge is 0.416 e. The maximum atomic E-state index is 12.6. The van der Waals surface area contributed by atoms with Gasteiger partial charge in [-0.05, 0) is 49.6 Å². The Morgan fingerprint density at radius 2 is 1.58 bits per heavy atom. The highest BCUT2D eigenvalue weighted by Crippen LogP contribution is 2.29. The van der Waals surface area contributed by atoms with Crippen LogP contribution in [0.5, 0.6) is 0 Å². The van der Waals surface area contributed by atoms with Crippen molar-refractivity contribution in [1.29, 1.82) is 0 Å². The summed E-state index contributed by atoms with van der Waals surface area (Å²) in [6.07, 6.45) is -1.96. The molecule has 0 spiro atoms. The molecule has 0 radical (unpaired) electrons. The van der Waals surface area contributed by atoms with Crippen LogP contribution in [0.4, 0.5) is 13.2 Å². The maximum Gasteiger partial charge on any atom is 0.416 e. The summed E-state index contributed by atoms with van der Waals surface area (Å²) in [7, 11) is 0. The summed E-state index contributed by atoms with van der Waals surface area (Å²) in [5, 5.41) is 3.16. The normalized spacial score (nSPS) is 18.1. The predicted molar refractivity (Wildman–Crippen MR) is 89.5 cm³/mol. The third-order valence-electron chi connectivity index (χ3n) is 4.78. The van der Waals surface area contributed by atoms with Crippen LogP contribution in [0.25, 0.3) is 0 Å². The van der Waals surface area contributed by atoms with E-state index in [0.29, 0.717) is 38.6 Å². The minimum absolute atomic E-state index is 0.0206. The van der Waals surface area contributed by atoms with Crippen molar-refractivity contribution in [2.24, 2.45) is 5.92 Å². The predicted octanol–water partition coefficient (Wildman–Crippen LogP) is 1.99. The molecule has 1 heterocycles. The monoisotopic (exact) mass is 369 g/mol. The van der Waals surface area contributed by atoms with Crippen LogP contribution >= 0.6 is 0 Å². The Labute approximate surface area is 150 Å².